The third kappa shape index (κ3) is 4.86. The van der Waals surface area contributed by atoms with Gasteiger partial charge in [-0.2, -0.15) is 0 Å². The highest BCUT2D eigenvalue weighted by Crippen LogP contribution is 2.28. The second kappa shape index (κ2) is 7.53. The monoisotopic (exact) mass is 288 g/mol. The van der Waals surface area contributed by atoms with E-state index >= 15 is 0 Å². The van der Waals surface area contributed by atoms with Crippen LogP contribution in [0.25, 0.3) is 0 Å². The number of nitrogens with two attached hydrogens (primary N) is 1. The molecule has 1 saturated carbocycles. The van der Waals surface area contributed by atoms with E-state index in [-0.39, 0.29) is 18.3 Å². The predicted octanol–water partition coefficient (Wildman–Crippen LogP) is 1.66. The molecule has 0 spiro atoms. The molecule has 0 aromatic carbocycles. The van der Waals surface area contributed by atoms with Crippen molar-refractivity contribution in [1.82, 2.24) is 4.90 Å². The number of hydrogen-bond acceptors (Lipinski definition) is 4. The lowest BCUT2D eigenvalue weighted by Gasteiger charge is -2.16. The fraction of sp³-hybridized carbons (Fsp3) is 0.615. The van der Waals surface area contributed by atoms with Crippen molar-refractivity contribution in [3.05, 3.63) is 23.7 Å². The predicted molar refractivity (Wildman–Crippen MR) is 74.4 cm³/mol. The Bertz CT molecular complexity index is 404. The fourth-order valence-corrected chi connectivity index (χ4v) is 1.66. The van der Waals surface area contributed by atoms with E-state index in [2.05, 4.69) is 0 Å². The molecule has 1 aromatic rings. The Morgan fingerprint density at radius 2 is 2.32 bits per heavy atom. The number of halogens is 1. The Morgan fingerprint density at radius 3 is 2.89 bits per heavy atom. The molecule has 1 aliphatic carbocycles. The van der Waals surface area contributed by atoms with Gasteiger partial charge in [0, 0.05) is 20.2 Å². The van der Waals surface area contributed by atoms with Crippen molar-refractivity contribution in [3.8, 4) is 0 Å². The number of carbonyl (C=O) groups excluding carboxylic acids is 1. The van der Waals surface area contributed by atoms with Crippen molar-refractivity contribution >= 4 is 18.3 Å². The summed E-state index contributed by atoms with van der Waals surface area (Å²) in [5.74, 6) is 1.32. The van der Waals surface area contributed by atoms with Gasteiger partial charge in [0.2, 0.25) is 0 Å². The second-order valence-corrected chi connectivity index (χ2v) is 4.75. The van der Waals surface area contributed by atoms with Crippen molar-refractivity contribution in [2.75, 3.05) is 26.8 Å². The van der Waals surface area contributed by atoms with Crippen LogP contribution in [0, 0.1) is 5.92 Å². The van der Waals surface area contributed by atoms with Crippen LogP contribution >= 0.6 is 12.4 Å². The average molecular weight is 289 g/mol. The van der Waals surface area contributed by atoms with Gasteiger partial charge >= 0.3 is 0 Å². The van der Waals surface area contributed by atoms with E-state index in [0.29, 0.717) is 31.0 Å². The van der Waals surface area contributed by atoms with Gasteiger partial charge in [0.25, 0.3) is 5.91 Å². The molecule has 0 bridgehead atoms. The van der Waals surface area contributed by atoms with E-state index < -0.39 is 0 Å². The van der Waals surface area contributed by atoms with Crippen molar-refractivity contribution in [2.24, 2.45) is 11.7 Å². The van der Waals surface area contributed by atoms with E-state index in [1.54, 1.807) is 18.0 Å². The molecule has 1 heterocycles. The molecular formula is C13H21ClN2O3. The minimum Gasteiger partial charge on any atom is -0.467 e. The molecule has 5 nitrogen and oxygen atoms in total. The van der Waals surface area contributed by atoms with Crippen LogP contribution in [0.4, 0.5) is 0 Å². The number of nitrogens with zero attached hydrogens (tertiary/aromatic N) is 1. The minimum atomic E-state index is -0.0616. The molecule has 1 aromatic heterocycles. The molecule has 0 saturated heterocycles. The van der Waals surface area contributed by atoms with Crippen LogP contribution in [0.2, 0.25) is 0 Å². The molecule has 2 N–H and O–H groups in total. The summed E-state index contributed by atoms with van der Waals surface area (Å²) in [6.07, 6.45) is 4.02. The molecule has 6 heteroatoms. The second-order valence-electron chi connectivity index (χ2n) is 4.75. The van der Waals surface area contributed by atoms with Crippen LogP contribution in [0.1, 0.15) is 29.0 Å². The Labute approximate surface area is 119 Å². The molecule has 1 amide bonds. The lowest BCUT2D eigenvalue weighted by Crippen LogP contribution is -2.30. The van der Waals surface area contributed by atoms with Gasteiger partial charge in [-0.05, 0) is 24.8 Å². The SMILES string of the molecule is CN(CCOCC1CC1)C(=O)c1coc(CN)c1.Cl. The Hall–Kier alpha value is -1.04. The zero-order valence-electron chi connectivity index (χ0n) is 11.1. The first kappa shape index (κ1) is 16.0. The largest absolute Gasteiger partial charge is 0.467 e. The summed E-state index contributed by atoms with van der Waals surface area (Å²) in [7, 11) is 1.76. The van der Waals surface area contributed by atoms with Crippen LogP contribution < -0.4 is 5.73 Å². The third-order valence-corrected chi connectivity index (χ3v) is 3.07. The van der Waals surface area contributed by atoms with Gasteiger partial charge < -0.3 is 19.8 Å². The summed E-state index contributed by atoms with van der Waals surface area (Å²) in [4.78, 5) is 13.6. The first-order chi connectivity index (χ1) is 8.70. The van der Waals surface area contributed by atoms with Gasteiger partial charge in [-0.1, -0.05) is 0 Å². The van der Waals surface area contributed by atoms with Gasteiger partial charge in [-0.15, -0.1) is 12.4 Å². The quantitative estimate of drug-likeness (QED) is 0.775. The smallest absolute Gasteiger partial charge is 0.256 e. The van der Waals surface area contributed by atoms with Crippen LogP contribution in [0.3, 0.4) is 0 Å². The number of ether oxygens (including phenoxy) is 1. The Kier molecular flexibility index (Phi) is 6.34. The van der Waals surface area contributed by atoms with Crippen molar-refractivity contribution in [3.63, 3.8) is 0 Å². The van der Waals surface area contributed by atoms with Crippen LogP contribution in [-0.4, -0.2) is 37.6 Å². The minimum absolute atomic E-state index is 0. The van der Waals surface area contributed by atoms with E-state index in [1.807, 2.05) is 0 Å². The summed E-state index contributed by atoms with van der Waals surface area (Å²) in [6.45, 7) is 2.31. The molecule has 19 heavy (non-hydrogen) atoms. The summed E-state index contributed by atoms with van der Waals surface area (Å²) >= 11 is 0. The van der Waals surface area contributed by atoms with Gasteiger partial charge in [0.1, 0.15) is 12.0 Å². The third-order valence-electron chi connectivity index (χ3n) is 3.07. The zero-order valence-corrected chi connectivity index (χ0v) is 11.9. The molecule has 0 unspecified atom stereocenters. The van der Waals surface area contributed by atoms with Crippen molar-refractivity contribution in [2.45, 2.75) is 19.4 Å². The summed E-state index contributed by atoms with van der Waals surface area (Å²) in [5, 5.41) is 0. The summed E-state index contributed by atoms with van der Waals surface area (Å²) in [6, 6.07) is 1.68. The Balaban J connectivity index is 0.00000180. The molecule has 0 atom stereocenters. The highest BCUT2D eigenvalue weighted by atomic mass is 35.5. The number of amides is 1. The average Bonchev–Trinajstić information content (AvgIpc) is 3.08. The molecule has 2 rings (SSSR count). The van der Waals surface area contributed by atoms with Gasteiger partial charge in [0.15, 0.2) is 0 Å². The van der Waals surface area contributed by atoms with Crippen LogP contribution in [-0.2, 0) is 11.3 Å². The number of carbonyl (C=O) groups is 1. The topological polar surface area (TPSA) is 68.7 Å². The fourth-order valence-electron chi connectivity index (χ4n) is 1.66. The highest BCUT2D eigenvalue weighted by molar-refractivity contribution is 5.93. The normalized spacial score (nSPS) is 14.0. The van der Waals surface area contributed by atoms with Gasteiger partial charge in [-0.3, -0.25) is 4.79 Å². The zero-order chi connectivity index (χ0) is 13.0. The maximum absolute atomic E-state index is 12.0. The van der Waals surface area contributed by atoms with Gasteiger partial charge in [0.05, 0.1) is 18.7 Å². The van der Waals surface area contributed by atoms with Crippen molar-refractivity contribution in [1.29, 1.82) is 0 Å². The maximum Gasteiger partial charge on any atom is 0.256 e. The number of hydrogen-bond donors (Lipinski definition) is 1. The van der Waals surface area contributed by atoms with E-state index in [1.165, 1.54) is 19.1 Å². The molecule has 1 aliphatic rings. The van der Waals surface area contributed by atoms with E-state index in [0.717, 1.165) is 12.5 Å². The summed E-state index contributed by atoms with van der Waals surface area (Å²) in [5.41, 5.74) is 5.97. The van der Waals surface area contributed by atoms with Crippen LogP contribution in [0.15, 0.2) is 16.7 Å². The summed E-state index contributed by atoms with van der Waals surface area (Å²) < 4.78 is 10.7. The van der Waals surface area contributed by atoms with E-state index in [4.69, 9.17) is 14.9 Å². The molecule has 108 valence electrons. The Morgan fingerprint density at radius 1 is 1.58 bits per heavy atom. The lowest BCUT2D eigenvalue weighted by molar-refractivity contribution is 0.0680. The molecule has 0 radical (unpaired) electrons. The maximum atomic E-state index is 12.0. The van der Waals surface area contributed by atoms with E-state index in [9.17, 15) is 4.79 Å². The lowest BCUT2D eigenvalue weighted by atomic mass is 10.2. The van der Waals surface area contributed by atoms with Crippen molar-refractivity contribution < 1.29 is 13.9 Å². The molecular weight excluding hydrogens is 268 g/mol. The van der Waals surface area contributed by atoms with Crippen LogP contribution in [0.5, 0.6) is 0 Å². The first-order valence-electron chi connectivity index (χ1n) is 6.31. The first-order valence-corrected chi connectivity index (χ1v) is 6.31. The van der Waals surface area contributed by atoms with Gasteiger partial charge in [-0.25, -0.2) is 0 Å². The molecule has 0 aliphatic heterocycles. The number of furan rings is 1. The highest BCUT2D eigenvalue weighted by Gasteiger charge is 2.21. The number of rotatable bonds is 7. The standard InChI is InChI=1S/C13H20N2O3.ClH/c1-15(4-5-17-8-10-2-3-10)13(16)11-6-12(7-14)18-9-11;/h6,9-10H,2-5,7-8,14H2,1H3;1H. The molecule has 1 fully saturated rings. The number of likely N-dealkylation sites (N-methyl/N-ethyl adjacent to an activating group) is 1.